The molecule has 1 aliphatic heterocycles. The molecule has 3 aromatic carbocycles. The summed E-state index contributed by atoms with van der Waals surface area (Å²) in [5.41, 5.74) is 4.21. The number of hydrazone groups is 1. The summed E-state index contributed by atoms with van der Waals surface area (Å²) >= 11 is 0. The van der Waals surface area contributed by atoms with Crippen LogP contribution in [0, 0.1) is 0 Å². The molecule has 1 aromatic heterocycles. The van der Waals surface area contributed by atoms with Gasteiger partial charge < -0.3 is 9.52 Å². The lowest BCUT2D eigenvalue weighted by molar-refractivity contribution is -0.114. The summed E-state index contributed by atoms with van der Waals surface area (Å²) in [6, 6.07) is 27.4. The fraction of sp³-hybridized carbons (Fsp3) is 0.100. The number of furan rings is 1. The van der Waals surface area contributed by atoms with Crippen molar-refractivity contribution >= 4 is 29.4 Å². The van der Waals surface area contributed by atoms with E-state index in [1.54, 1.807) is 36.4 Å². The molecule has 0 spiro atoms. The summed E-state index contributed by atoms with van der Waals surface area (Å²) in [4.78, 5) is 25.2. The minimum Gasteiger partial charge on any atom is -0.478 e. The molecule has 0 aliphatic carbocycles. The molecule has 178 valence electrons. The van der Waals surface area contributed by atoms with E-state index in [0.717, 1.165) is 5.56 Å². The quantitative estimate of drug-likeness (QED) is 0.318. The number of amides is 1. The van der Waals surface area contributed by atoms with Crippen LogP contribution in [0.2, 0.25) is 0 Å². The molecule has 0 radical (unpaired) electrons. The number of nitrogens with zero attached hydrogens (tertiary/aromatic N) is 2. The molecule has 36 heavy (non-hydrogen) atoms. The van der Waals surface area contributed by atoms with Crippen LogP contribution in [0.15, 0.2) is 106 Å². The minimum absolute atomic E-state index is 0.144. The largest absolute Gasteiger partial charge is 0.478 e. The van der Waals surface area contributed by atoms with Crippen LogP contribution < -0.4 is 5.01 Å². The number of aromatic carboxylic acids is 1. The van der Waals surface area contributed by atoms with Gasteiger partial charge in [0.2, 0.25) is 0 Å². The molecule has 0 atom stereocenters. The SMILES string of the molecule is CC(C)c1ccc(N2N=C(c3ccccc3)/C(=C/c3ccc(-c4ccccc4C(=O)O)o3)C2=O)cc1. The molecule has 1 amide bonds. The predicted molar refractivity (Wildman–Crippen MR) is 140 cm³/mol. The maximum Gasteiger partial charge on any atom is 0.336 e. The number of rotatable bonds is 6. The first-order valence-corrected chi connectivity index (χ1v) is 11.7. The Balaban J connectivity index is 1.55. The third-order valence-electron chi connectivity index (χ3n) is 6.07. The van der Waals surface area contributed by atoms with Crippen molar-refractivity contribution in [1.82, 2.24) is 0 Å². The van der Waals surface area contributed by atoms with Crippen LogP contribution in [-0.2, 0) is 4.79 Å². The van der Waals surface area contributed by atoms with Crippen molar-refractivity contribution in [1.29, 1.82) is 0 Å². The van der Waals surface area contributed by atoms with Crippen molar-refractivity contribution in [2.24, 2.45) is 5.10 Å². The Kier molecular flexibility index (Phi) is 6.09. The van der Waals surface area contributed by atoms with Gasteiger partial charge in [-0.25, -0.2) is 4.79 Å². The van der Waals surface area contributed by atoms with Gasteiger partial charge in [0.05, 0.1) is 16.8 Å². The molecule has 0 unspecified atom stereocenters. The van der Waals surface area contributed by atoms with Gasteiger partial charge in [0.1, 0.15) is 17.2 Å². The van der Waals surface area contributed by atoms with E-state index in [0.29, 0.717) is 40.0 Å². The molecule has 5 rings (SSSR count). The molecule has 0 fully saturated rings. The lowest BCUT2D eigenvalue weighted by atomic mass is 10.0. The normalized spacial score (nSPS) is 14.5. The third kappa shape index (κ3) is 4.36. The molecular formula is C30H24N2O4. The number of hydrogen-bond acceptors (Lipinski definition) is 4. The number of carboxylic acids is 1. The molecule has 4 aromatic rings. The van der Waals surface area contributed by atoms with Crippen LogP contribution in [0.1, 0.15) is 47.0 Å². The van der Waals surface area contributed by atoms with Crippen LogP contribution in [-0.4, -0.2) is 22.7 Å². The molecule has 1 aliphatic rings. The van der Waals surface area contributed by atoms with Gasteiger partial charge in [-0.05, 0) is 47.9 Å². The Hall–Kier alpha value is -4.71. The Morgan fingerprint density at radius 1 is 0.917 bits per heavy atom. The standard InChI is InChI=1S/C30H24N2O4/c1-19(2)20-12-14-22(15-13-20)32-29(33)26(28(31-32)21-8-4-3-5-9-21)18-23-16-17-27(36-23)24-10-6-7-11-25(24)30(34)35/h3-19H,1-2H3,(H,34,35)/b26-18-. The van der Waals surface area contributed by atoms with E-state index < -0.39 is 5.97 Å². The fourth-order valence-corrected chi connectivity index (χ4v) is 4.13. The van der Waals surface area contributed by atoms with Crippen LogP contribution in [0.4, 0.5) is 5.69 Å². The second kappa shape index (κ2) is 9.50. The average Bonchev–Trinajstić information content (AvgIpc) is 3.49. The summed E-state index contributed by atoms with van der Waals surface area (Å²) in [5.74, 6) is -0.0917. The number of hydrogen-bond donors (Lipinski definition) is 1. The van der Waals surface area contributed by atoms with Crippen LogP contribution in [0.25, 0.3) is 17.4 Å². The van der Waals surface area contributed by atoms with E-state index in [4.69, 9.17) is 4.42 Å². The van der Waals surface area contributed by atoms with Gasteiger partial charge in [-0.1, -0.05) is 74.5 Å². The highest BCUT2D eigenvalue weighted by Crippen LogP contribution is 2.31. The third-order valence-corrected chi connectivity index (χ3v) is 6.07. The first-order valence-electron chi connectivity index (χ1n) is 11.7. The maximum atomic E-state index is 13.6. The zero-order chi connectivity index (χ0) is 25.2. The van der Waals surface area contributed by atoms with E-state index in [1.165, 1.54) is 16.6 Å². The number of anilines is 1. The van der Waals surface area contributed by atoms with Gasteiger partial charge in [-0.2, -0.15) is 10.1 Å². The van der Waals surface area contributed by atoms with Crippen molar-refractivity contribution in [3.63, 3.8) is 0 Å². The highest BCUT2D eigenvalue weighted by atomic mass is 16.4. The number of carbonyl (C=O) groups excluding carboxylic acids is 1. The predicted octanol–water partition coefficient (Wildman–Crippen LogP) is 6.60. The van der Waals surface area contributed by atoms with Crippen LogP contribution >= 0.6 is 0 Å². The molecule has 0 saturated heterocycles. The summed E-state index contributed by atoms with van der Waals surface area (Å²) < 4.78 is 5.97. The van der Waals surface area contributed by atoms with Gasteiger partial charge >= 0.3 is 5.97 Å². The summed E-state index contributed by atoms with van der Waals surface area (Å²) in [5, 5.41) is 15.6. The molecule has 0 saturated carbocycles. The van der Waals surface area contributed by atoms with Gasteiger partial charge in [0.15, 0.2) is 0 Å². The van der Waals surface area contributed by atoms with E-state index in [2.05, 4.69) is 18.9 Å². The summed E-state index contributed by atoms with van der Waals surface area (Å²) in [6.45, 7) is 4.24. The topological polar surface area (TPSA) is 83.1 Å². The lowest BCUT2D eigenvalue weighted by Crippen LogP contribution is -2.21. The molecule has 6 heteroatoms. The Morgan fingerprint density at radius 3 is 2.31 bits per heavy atom. The number of benzene rings is 3. The minimum atomic E-state index is -1.04. The summed E-state index contributed by atoms with van der Waals surface area (Å²) in [6.07, 6.45) is 1.66. The monoisotopic (exact) mass is 476 g/mol. The Bertz CT molecular complexity index is 1500. The van der Waals surface area contributed by atoms with Crippen molar-refractivity contribution in [2.75, 3.05) is 5.01 Å². The van der Waals surface area contributed by atoms with E-state index in [-0.39, 0.29) is 11.5 Å². The summed E-state index contributed by atoms with van der Waals surface area (Å²) in [7, 11) is 0. The number of carbonyl (C=O) groups is 2. The van der Waals surface area contributed by atoms with Crippen molar-refractivity contribution in [3.05, 3.63) is 119 Å². The zero-order valence-corrected chi connectivity index (χ0v) is 19.9. The Labute approximate surface area is 208 Å². The molecule has 6 nitrogen and oxygen atoms in total. The Morgan fingerprint density at radius 2 is 1.61 bits per heavy atom. The fourth-order valence-electron chi connectivity index (χ4n) is 4.13. The van der Waals surface area contributed by atoms with Crippen molar-refractivity contribution in [2.45, 2.75) is 19.8 Å². The van der Waals surface area contributed by atoms with Gasteiger partial charge in [0.25, 0.3) is 5.91 Å². The van der Waals surface area contributed by atoms with Gasteiger partial charge in [-0.3, -0.25) is 4.79 Å². The van der Waals surface area contributed by atoms with E-state index in [1.807, 2.05) is 54.6 Å². The second-order valence-corrected chi connectivity index (χ2v) is 8.79. The highest BCUT2D eigenvalue weighted by molar-refractivity contribution is 6.37. The second-order valence-electron chi connectivity index (χ2n) is 8.79. The number of carboxylic acid groups (broad SMARTS) is 1. The van der Waals surface area contributed by atoms with Gasteiger partial charge in [0, 0.05) is 11.1 Å². The molecule has 2 heterocycles. The maximum absolute atomic E-state index is 13.6. The van der Waals surface area contributed by atoms with Crippen LogP contribution in [0.5, 0.6) is 0 Å². The zero-order valence-electron chi connectivity index (χ0n) is 19.9. The average molecular weight is 477 g/mol. The van der Waals surface area contributed by atoms with Crippen molar-refractivity contribution in [3.8, 4) is 11.3 Å². The smallest absolute Gasteiger partial charge is 0.336 e. The first-order chi connectivity index (χ1) is 17.4. The van der Waals surface area contributed by atoms with Crippen LogP contribution in [0.3, 0.4) is 0 Å². The molecule has 0 bridgehead atoms. The lowest BCUT2D eigenvalue weighted by Gasteiger charge is -2.13. The highest BCUT2D eigenvalue weighted by Gasteiger charge is 2.32. The molecular weight excluding hydrogens is 452 g/mol. The first kappa shape index (κ1) is 23.1. The van der Waals surface area contributed by atoms with E-state index in [9.17, 15) is 14.7 Å². The molecule has 1 N–H and O–H groups in total. The van der Waals surface area contributed by atoms with Gasteiger partial charge in [-0.15, -0.1) is 0 Å². The van der Waals surface area contributed by atoms with E-state index >= 15 is 0 Å². The van der Waals surface area contributed by atoms with Crippen molar-refractivity contribution < 1.29 is 19.1 Å².